The van der Waals surface area contributed by atoms with E-state index in [0.717, 1.165) is 5.75 Å². The summed E-state index contributed by atoms with van der Waals surface area (Å²) in [6.07, 6.45) is 0. The molecule has 0 fully saturated rings. The van der Waals surface area contributed by atoms with Crippen LogP contribution in [0.15, 0.2) is 24.3 Å². The lowest BCUT2D eigenvalue weighted by atomic mass is 9.93. The summed E-state index contributed by atoms with van der Waals surface area (Å²) in [6.45, 7) is 6.92. The molecule has 0 heterocycles. The molecule has 1 rings (SSSR count). The first-order chi connectivity index (χ1) is 8.99. The van der Waals surface area contributed by atoms with Crippen molar-refractivity contribution in [3.8, 4) is 5.75 Å². The van der Waals surface area contributed by atoms with Gasteiger partial charge in [0.05, 0.1) is 13.2 Å². The zero-order chi connectivity index (χ0) is 14.3. The number of ether oxygens (including phenoxy) is 1. The Balaban J connectivity index is 2.31. The minimum Gasteiger partial charge on any atom is -0.492 e. The van der Waals surface area contributed by atoms with Crippen LogP contribution in [0.4, 0.5) is 0 Å². The van der Waals surface area contributed by atoms with Gasteiger partial charge >= 0.3 is 0 Å². The third kappa shape index (κ3) is 5.59. The van der Waals surface area contributed by atoms with Gasteiger partial charge in [-0.25, -0.2) is 0 Å². The number of benzene rings is 1. The summed E-state index contributed by atoms with van der Waals surface area (Å²) >= 11 is 0. The number of rotatable bonds is 8. The van der Waals surface area contributed by atoms with Gasteiger partial charge in [0.1, 0.15) is 12.4 Å². The average Bonchev–Trinajstić information content (AvgIpc) is 2.44. The largest absolute Gasteiger partial charge is 0.492 e. The molecule has 0 aliphatic carbocycles. The quantitative estimate of drug-likeness (QED) is 0.665. The third-order valence-electron chi connectivity index (χ3n) is 3.16. The lowest BCUT2D eigenvalue weighted by Gasteiger charge is -2.27. The number of hydrogen-bond acceptors (Lipinski definition) is 4. The van der Waals surface area contributed by atoms with Gasteiger partial charge < -0.3 is 20.3 Å². The van der Waals surface area contributed by atoms with E-state index in [4.69, 9.17) is 4.74 Å². The number of aliphatic hydroxyl groups excluding tert-OH is 2. The third-order valence-corrected chi connectivity index (χ3v) is 3.16. The van der Waals surface area contributed by atoms with Crippen LogP contribution < -0.4 is 10.1 Å². The molecule has 0 radical (unpaired) electrons. The fourth-order valence-corrected chi connectivity index (χ4v) is 1.50. The molecule has 1 aromatic rings. The zero-order valence-corrected chi connectivity index (χ0v) is 12.0. The van der Waals surface area contributed by atoms with Gasteiger partial charge in [-0.1, -0.05) is 24.6 Å². The summed E-state index contributed by atoms with van der Waals surface area (Å²) in [4.78, 5) is 0. The predicted molar refractivity (Wildman–Crippen MR) is 76.4 cm³/mol. The van der Waals surface area contributed by atoms with Crippen LogP contribution >= 0.6 is 0 Å². The van der Waals surface area contributed by atoms with Crippen molar-refractivity contribution >= 4 is 0 Å². The van der Waals surface area contributed by atoms with Gasteiger partial charge in [-0.05, 0) is 26.0 Å². The molecule has 0 amide bonds. The molecular formula is C15H25NO3. The average molecular weight is 267 g/mol. The second-order valence-corrected chi connectivity index (χ2v) is 5.53. The van der Waals surface area contributed by atoms with Crippen LogP contribution in [0.25, 0.3) is 0 Å². The summed E-state index contributed by atoms with van der Waals surface area (Å²) in [5.74, 6) is 0.853. The fourth-order valence-electron chi connectivity index (χ4n) is 1.50. The number of nitrogens with one attached hydrogen (secondary N) is 1. The fraction of sp³-hybridized carbons (Fsp3) is 0.600. The highest BCUT2D eigenvalue weighted by molar-refractivity contribution is 5.26. The molecule has 4 nitrogen and oxygen atoms in total. The molecule has 4 heteroatoms. The van der Waals surface area contributed by atoms with Crippen molar-refractivity contribution in [1.82, 2.24) is 5.32 Å². The summed E-state index contributed by atoms with van der Waals surface area (Å²) in [7, 11) is 0. The van der Waals surface area contributed by atoms with Gasteiger partial charge in [0.15, 0.2) is 0 Å². The maximum atomic E-state index is 9.20. The van der Waals surface area contributed by atoms with Crippen LogP contribution in [0, 0.1) is 12.3 Å². The number of hydrogen-bond donors (Lipinski definition) is 3. The van der Waals surface area contributed by atoms with Crippen LogP contribution in [0.2, 0.25) is 0 Å². The molecule has 1 unspecified atom stereocenters. The molecule has 0 saturated carbocycles. The first-order valence-corrected chi connectivity index (χ1v) is 6.64. The maximum absolute atomic E-state index is 9.20. The van der Waals surface area contributed by atoms with Crippen LogP contribution in [-0.4, -0.2) is 42.6 Å². The zero-order valence-electron chi connectivity index (χ0n) is 12.0. The van der Waals surface area contributed by atoms with Gasteiger partial charge in [0.25, 0.3) is 0 Å². The van der Waals surface area contributed by atoms with Crippen molar-refractivity contribution < 1.29 is 14.9 Å². The minimum atomic E-state index is -0.488. The van der Waals surface area contributed by atoms with E-state index in [9.17, 15) is 10.2 Å². The first-order valence-electron chi connectivity index (χ1n) is 6.64. The normalized spacial score (nSPS) is 13.3. The highest BCUT2D eigenvalue weighted by atomic mass is 16.5. The number of aryl methyl sites for hydroxylation is 1. The number of aliphatic hydroxyl groups is 2. The van der Waals surface area contributed by atoms with E-state index >= 15 is 0 Å². The Hall–Kier alpha value is -1.10. The smallest absolute Gasteiger partial charge is 0.119 e. The molecule has 0 aliphatic rings. The van der Waals surface area contributed by atoms with Crippen molar-refractivity contribution in [2.24, 2.45) is 5.41 Å². The predicted octanol–water partition coefficient (Wildman–Crippen LogP) is 1.34. The van der Waals surface area contributed by atoms with Crippen LogP contribution in [0.5, 0.6) is 5.75 Å². The lowest BCUT2D eigenvalue weighted by Crippen LogP contribution is -2.43. The van der Waals surface area contributed by atoms with E-state index in [-0.39, 0.29) is 19.3 Å². The Morgan fingerprint density at radius 2 is 1.79 bits per heavy atom. The van der Waals surface area contributed by atoms with Crippen molar-refractivity contribution in [2.45, 2.75) is 26.8 Å². The molecule has 0 spiro atoms. The molecule has 1 atom stereocenters. The summed E-state index contributed by atoms with van der Waals surface area (Å²) in [6, 6.07) is 8.09. The van der Waals surface area contributed by atoms with Crippen LogP contribution in [0.3, 0.4) is 0 Å². The minimum absolute atomic E-state index is 0.0396. The van der Waals surface area contributed by atoms with Gasteiger partial charge in [-0.15, -0.1) is 0 Å². The SMILES string of the molecule is Cc1ccc(OCC(C)NCC(C)(CO)CO)cc1. The van der Waals surface area contributed by atoms with Gasteiger partial charge in [-0.3, -0.25) is 0 Å². The topological polar surface area (TPSA) is 61.7 Å². The summed E-state index contributed by atoms with van der Waals surface area (Å²) in [5, 5.41) is 21.7. The van der Waals surface area contributed by atoms with E-state index in [0.29, 0.717) is 13.2 Å². The Morgan fingerprint density at radius 3 is 2.32 bits per heavy atom. The monoisotopic (exact) mass is 267 g/mol. The van der Waals surface area contributed by atoms with Gasteiger partial charge in [-0.2, -0.15) is 0 Å². The first kappa shape index (κ1) is 16.0. The van der Waals surface area contributed by atoms with Gasteiger partial charge in [0, 0.05) is 18.0 Å². The van der Waals surface area contributed by atoms with E-state index in [1.54, 1.807) is 0 Å². The molecule has 19 heavy (non-hydrogen) atoms. The van der Waals surface area contributed by atoms with E-state index in [1.165, 1.54) is 5.56 Å². The molecule has 0 saturated heterocycles. The van der Waals surface area contributed by atoms with Crippen molar-refractivity contribution in [3.63, 3.8) is 0 Å². The van der Waals surface area contributed by atoms with E-state index in [2.05, 4.69) is 5.32 Å². The lowest BCUT2D eigenvalue weighted by molar-refractivity contribution is 0.0660. The second kappa shape index (κ2) is 7.48. The van der Waals surface area contributed by atoms with Crippen molar-refractivity contribution in [3.05, 3.63) is 29.8 Å². The molecule has 1 aromatic carbocycles. The molecule has 3 N–H and O–H groups in total. The van der Waals surface area contributed by atoms with Crippen LogP contribution in [0.1, 0.15) is 19.4 Å². The summed E-state index contributed by atoms with van der Waals surface area (Å²) < 4.78 is 5.67. The molecule has 108 valence electrons. The molecule has 0 aromatic heterocycles. The maximum Gasteiger partial charge on any atom is 0.119 e. The van der Waals surface area contributed by atoms with Crippen molar-refractivity contribution in [2.75, 3.05) is 26.4 Å². The van der Waals surface area contributed by atoms with Gasteiger partial charge in [0.2, 0.25) is 0 Å². The van der Waals surface area contributed by atoms with E-state index < -0.39 is 5.41 Å². The standard InChI is InChI=1S/C15H25NO3/c1-12-4-6-14(7-5-12)19-8-13(2)16-9-15(3,10-17)11-18/h4-7,13,16-18H,8-11H2,1-3H3. The highest BCUT2D eigenvalue weighted by Gasteiger charge is 2.22. The molecule has 0 bridgehead atoms. The van der Waals surface area contributed by atoms with E-state index in [1.807, 2.05) is 45.0 Å². The highest BCUT2D eigenvalue weighted by Crippen LogP contribution is 2.13. The Morgan fingerprint density at radius 1 is 1.21 bits per heavy atom. The van der Waals surface area contributed by atoms with Crippen LogP contribution in [-0.2, 0) is 0 Å². The molecular weight excluding hydrogens is 242 g/mol. The second-order valence-electron chi connectivity index (χ2n) is 5.53. The molecule has 0 aliphatic heterocycles. The summed E-state index contributed by atoms with van der Waals surface area (Å²) in [5.41, 5.74) is 0.721. The Kier molecular flexibility index (Phi) is 6.28. The Bertz CT molecular complexity index is 360. The Labute approximate surface area is 115 Å². The van der Waals surface area contributed by atoms with Crippen molar-refractivity contribution in [1.29, 1.82) is 0 Å².